The van der Waals surface area contributed by atoms with E-state index in [0.29, 0.717) is 6.42 Å². The third-order valence-corrected chi connectivity index (χ3v) is 3.49. The molecule has 0 amide bonds. The number of nitrogens with one attached hydrogen (secondary N) is 1. The van der Waals surface area contributed by atoms with E-state index in [0.717, 1.165) is 31.6 Å². The van der Waals surface area contributed by atoms with Crippen molar-refractivity contribution in [2.75, 3.05) is 11.9 Å². The van der Waals surface area contributed by atoms with Crippen LogP contribution in [0.2, 0.25) is 0 Å². The minimum Gasteiger partial charge on any atom is -0.481 e. The van der Waals surface area contributed by atoms with Gasteiger partial charge in [0.15, 0.2) is 0 Å². The van der Waals surface area contributed by atoms with Crippen LogP contribution in [-0.2, 0) is 17.6 Å². The second-order valence-corrected chi connectivity index (χ2v) is 5.33. The van der Waals surface area contributed by atoms with E-state index in [4.69, 9.17) is 5.11 Å². The summed E-state index contributed by atoms with van der Waals surface area (Å²) in [6.45, 7) is 9.97. The quantitative estimate of drug-likeness (QED) is 0.615. The molecular formula is C17H26LiN2O2-. The summed E-state index contributed by atoms with van der Waals surface area (Å²) in [5, 5.41) is 11.5. The zero-order valence-electron chi connectivity index (χ0n) is 13.9. The van der Waals surface area contributed by atoms with E-state index >= 15 is 0 Å². The second-order valence-electron chi connectivity index (χ2n) is 5.33. The molecule has 22 heavy (non-hydrogen) atoms. The smallest absolute Gasteiger partial charge is 0.481 e. The molecule has 2 heterocycles. The first-order valence-corrected chi connectivity index (χ1v) is 7.62. The molecule has 2 rings (SSSR count). The van der Waals surface area contributed by atoms with Gasteiger partial charge in [0, 0.05) is 18.2 Å². The van der Waals surface area contributed by atoms with Crippen LogP contribution in [0.5, 0.6) is 0 Å². The van der Waals surface area contributed by atoms with Crippen LogP contribution in [0.1, 0.15) is 43.9 Å². The van der Waals surface area contributed by atoms with E-state index in [1.165, 1.54) is 24.1 Å². The standard InChI is InChI=1S/C12H17N2.C5H9O2.Li/c1-2-3-6-11-8-7-10-5-4-9-13-12(10)14-11;1-3-4(2)5(6)7;/h7-8H,1-6,9H2,(H,13,14);4H,1,3H2,2H3,(H,6,7);/q2*-1;+1/t;4-;/m.0./s1. The molecule has 0 unspecified atom stereocenters. The second kappa shape index (κ2) is 11.6. The van der Waals surface area contributed by atoms with Gasteiger partial charge in [0.2, 0.25) is 0 Å². The van der Waals surface area contributed by atoms with Crippen LogP contribution in [0.15, 0.2) is 12.1 Å². The summed E-state index contributed by atoms with van der Waals surface area (Å²) >= 11 is 0. The Bertz CT molecular complexity index is 452. The maximum absolute atomic E-state index is 9.89. The summed E-state index contributed by atoms with van der Waals surface area (Å²) in [5.41, 5.74) is 2.57. The molecule has 0 spiro atoms. The van der Waals surface area contributed by atoms with Crippen LogP contribution in [0.3, 0.4) is 0 Å². The molecule has 4 nitrogen and oxygen atoms in total. The monoisotopic (exact) mass is 297 g/mol. The van der Waals surface area contributed by atoms with Crippen LogP contribution in [0.25, 0.3) is 0 Å². The summed E-state index contributed by atoms with van der Waals surface area (Å²) in [5.74, 6) is 0.0489. The molecule has 0 radical (unpaired) electrons. The summed E-state index contributed by atoms with van der Waals surface area (Å²) < 4.78 is 0. The summed E-state index contributed by atoms with van der Waals surface area (Å²) in [7, 11) is 0. The van der Waals surface area contributed by atoms with Crippen LogP contribution in [0.4, 0.5) is 5.82 Å². The Kier molecular flexibility index (Phi) is 11.1. The number of fused-ring (bicyclic) bond motifs is 1. The van der Waals surface area contributed by atoms with Crippen molar-refractivity contribution in [3.8, 4) is 0 Å². The third-order valence-electron chi connectivity index (χ3n) is 3.49. The van der Waals surface area contributed by atoms with E-state index in [9.17, 15) is 4.79 Å². The van der Waals surface area contributed by atoms with Crippen LogP contribution >= 0.6 is 0 Å². The van der Waals surface area contributed by atoms with Gasteiger partial charge >= 0.3 is 24.8 Å². The Hall–Kier alpha value is -0.983. The van der Waals surface area contributed by atoms with Crippen molar-refractivity contribution < 1.29 is 28.8 Å². The molecule has 5 heteroatoms. The molecule has 1 aromatic rings. The van der Waals surface area contributed by atoms with Gasteiger partial charge in [-0.2, -0.15) is 12.8 Å². The van der Waals surface area contributed by atoms with E-state index in [1.54, 1.807) is 6.92 Å². The molecule has 2 N–H and O–H groups in total. The van der Waals surface area contributed by atoms with Crippen molar-refractivity contribution in [1.29, 1.82) is 0 Å². The summed E-state index contributed by atoms with van der Waals surface area (Å²) in [6, 6.07) is 4.37. The summed E-state index contributed by atoms with van der Waals surface area (Å²) in [6.07, 6.45) is 6.05. The van der Waals surface area contributed by atoms with Crippen molar-refractivity contribution in [2.45, 2.75) is 45.4 Å². The number of anilines is 1. The number of hydrogen-bond donors (Lipinski definition) is 2. The van der Waals surface area contributed by atoms with Crippen molar-refractivity contribution in [1.82, 2.24) is 4.98 Å². The predicted molar refractivity (Wildman–Crippen MR) is 86.1 cm³/mol. The number of carboxylic acids is 1. The Balaban J connectivity index is 0.000000478. The van der Waals surface area contributed by atoms with Crippen molar-refractivity contribution in [2.24, 2.45) is 5.92 Å². The zero-order chi connectivity index (χ0) is 15.7. The fraction of sp³-hybridized carbons (Fsp3) is 0.529. The van der Waals surface area contributed by atoms with Crippen LogP contribution < -0.4 is 24.2 Å². The number of aliphatic carboxylic acids is 1. The molecule has 0 saturated heterocycles. The molecule has 0 bridgehead atoms. The van der Waals surface area contributed by atoms with E-state index in [-0.39, 0.29) is 24.8 Å². The fourth-order valence-corrected chi connectivity index (χ4v) is 1.94. The van der Waals surface area contributed by atoms with Gasteiger partial charge in [-0.1, -0.05) is 19.4 Å². The number of rotatable bonds is 5. The molecule has 0 aromatic carbocycles. The molecule has 0 saturated carbocycles. The van der Waals surface area contributed by atoms with Gasteiger partial charge in [-0.25, -0.2) is 4.98 Å². The molecule has 1 atom stereocenters. The van der Waals surface area contributed by atoms with Gasteiger partial charge in [0.1, 0.15) is 5.82 Å². The number of nitrogens with zero attached hydrogens (tertiary/aromatic N) is 1. The normalized spacial score (nSPS) is 13.6. The number of carboxylic acid groups (broad SMARTS) is 1. The van der Waals surface area contributed by atoms with Gasteiger partial charge in [0.25, 0.3) is 0 Å². The fourth-order valence-electron chi connectivity index (χ4n) is 1.94. The van der Waals surface area contributed by atoms with Gasteiger partial charge in [-0.05, 0) is 30.9 Å². The average molecular weight is 297 g/mol. The van der Waals surface area contributed by atoms with Crippen molar-refractivity contribution in [3.05, 3.63) is 37.2 Å². The van der Waals surface area contributed by atoms with Crippen molar-refractivity contribution >= 4 is 11.8 Å². The minimum atomic E-state index is -0.769. The Morgan fingerprint density at radius 2 is 2.18 bits per heavy atom. The predicted octanol–water partition coefficient (Wildman–Crippen LogP) is 0.532. The van der Waals surface area contributed by atoms with Gasteiger partial charge in [-0.3, -0.25) is 4.79 Å². The molecule has 1 aromatic heterocycles. The molecule has 118 valence electrons. The van der Waals surface area contributed by atoms with E-state index in [2.05, 4.69) is 36.3 Å². The Labute approximate surface area is 146 Å². The number of aryl methyl sites for hydroxylation is 2. The van der Waals surface area contributed by atoms with Gasteiger partial charge in [-0.15, -0.1) is 0 Å². The number of pyridine rings is 1. The minimum absolute atomic E-state index is 0. The van der Waals surface area contributed by atoms with Gasteiger partial charge < -0.3 is 24.3 Å². The first-order valence-electron chi connectivity index (χ1n) is 7.62. The van der Waals surface area contributed by atoms with Crippen LogP contribution in [-0.4, -0.2) is 22.6 Å². The van der Waals surface area contributed by atoms with Gasteiger partial charge in [0.05, 0.1) is 0 Å². The molecule has 1 aliphatic heterocycles. The number of carbonyl (C=O) groups is 1. The number of unbranched alkanes of at least 4 members (excludes halogenated alkanes) is 1. The first kappa shape index (κ1) is 21.0. The molecule has 0 fully saturated rings. The van der Waals surface area contributed by atoms with Crippen molar-refractivity contribution in [3.63, 3.8) is 0 Å². The van der Waals surface area contributed by atoms with E-state index in [1.807, 2.05) is 0 Å². The van der Waals surface area contributed by atoms with Crippen LogP contribution in [0, 0.1) is 19.8 Å². The summed E-state index contributed by atoms with van der Waals surface area (Å²) in [4.78, 5) is 14.5. The molecule has 0 aliphatic carbocycles. The maximum atomic E-state index is 9.89. The topological polar surface area (TPSA) is 62.2 Å². The largest absolute Gasteiger partial charge is 1.00 e. The maximum Gasteiger partial charge on any atom is 1.00 e. The van der Waals surface area contributed by atoms with E-state index < -0.39 is 5.97 Å². The zero-order valence-corrected chi connectivity index (χ0v) is 13.9. The number of hydrogen-bond acceptors (Lipinski definition) is 3. The Morgan fingerprint density at radius 1 is 1.45 bits per heavy atom. The Morgan fingerprint density at radius 3 is 2.73 bits per heavy atom. The molecule has 1 aliphatic rings. The molecular weight excluding hydrogens is 271 g/mol. The first-order chi connectivity index (χ1) is 10.1. The average Bonchev–Trinajstić information content (AvgIpc) is 2.52. The number of aromatic nitrogens is 1. The third kappa shape index (κ3) is 7.33. The SMILES string of the molecule is [CH2-]CCCc1ccc2c(n1)NCCC2.[CH2-]C[C@H](C)C(=O)O.[Li+].